The lowest BCUT2D eigenvalue weighted by molar-refractivity contribution is -0.138. The van der Waals surface area contributed by atoms with E-state index in [2.05, 4.69) is 38.1 Å². The molecule has 0 aromatic heterocycles. The van der Waals surface area contributed by atoms with E-state index in [-0.39, 0.29) is 39.6 Å². The Kier molecular flexibility index (Phi) is 21.3. The van der Waals surface area contributed by atoms with Crippen LogP contribution in [0, 0.1) is 62.3 Å². The molecule has 0 amide bonds. The Hall–Kier alpha value is -4.56. The molecule has 0 radical (unpaired) electrons. The van der Waals surface area contributed by atoms with Crippen LogP contribution in [-0.4, -0.2) is 73.2 Å². The van der Waals surface area contributed by atoms with Gasteiger partial charge >= 0.3 is 7.37 Å². The third kappa shape index (κ3) is 14.8. The predicted octanol–water partition coefficient (Wildman–Crippen LogP) is 14.5. The molecular weight excluding hydrogens is 1060 g/mol. The summed E-state index contributed by atoms with van der Waals surface area (Å²) in [4.78, 5) is 14.4. The smallest absolute Gasteiger partial charge is 0.300 e. The van der Waals surface area contributed by atoms with Gasteiger partial charge in [0.15, 0.2) is 14.3 Å². The Bertz CT molecular complexity index is 3020. The molecular formula is C67H89O10P3. The number of aryl methyl sites for hydroxylation is 9. The van der Waals surface area contributed by atoms with Crippen molar-refractivity contribution in [3.05, 3.63) is 183 Å². The molecule has 0 spiro atoms. The van der Waals surface area contributed by atoms with Crippen molar-refractivity contribution in [2.75, 3.05) is 39.6 Å². The van der Waals surface area contributed by atoms with Crippen LogP contribution in [0.1, 0.15) is 129 Å². The number of carbonyl (C=O) groups excluding carboxylic acids is 1. The second kappa shape index (κ2) is 26.3. The third-order valence-corrected chi connectivity index (χ3v) is 25.6. The molecule has 0 aliphatic carbocycles. The Morgan fingerprint density at radius 2 is 0.750 bits per heavy atom. The van der Waals surface area contributed by atoms with Crippen molar-refractivity contribution in [3.63, 3.8) is 0 Å². The first-order valence-corrected chi connectivity index (χ1v) is 33.0. The van der Waals surface area contributed by atoms with Gasteiger partial charge in [-0.3, -0.25) is 9.36 Å². The van der Waals surface area contributed by atoms with Gasteiger partial charge in [0.05, 0.1) is 50.8 Å². The monoisotopic (exact) mass is 1150 g/mol. The maximum absolute atomic E-state index is 15.8. The SMILES string of the molecule is Cc1cc(C)c(C(=O)P(=O)(OCCOC(COC(C)(C)CCOC(C)(C)P(=O)(c2ccccc2)c2c(C)cc(C)cc2C)COC(C)(C)CCOC(C)(C)P(=O)(c2ccccc2)c2c(C)cc(C)cc2C)c2ccccc2)c(C)c1. The first-order chi connectivity index (χ1) is 37.4. The van der Waals surface area contributed by atoms with Crippen LogP contribution in [0.15, 0.2) is 127 Å². The summed E-state index contributed by atoms with van der Waals surface area (Å²) in [6.07, 6.45) is 0.277. The zero-order valence-electron chi connectivity index (χ0n) is 50.8. The van der Waals surface area contributed by atoms with Gasteiger partial charge in [-0.25, -0.2) is 0 Å². The van der Waals surface area contributed by atoms with Crippen molar-refractivity contribution in [2.45, 2.75) is 159 Å². The molecule has 0 saturated heterocycles. The summed E-state index contributed by atoms with van der Waals surface area (Å²) in [5, 5.41) is 1.27. The second-order valence-electron chi connectivity index (χ2n) is 23.9. The molecule has 10 nitrogen and oxygen atoms in total. The zero-order chi connectivity index (χ0) is 59.1. The van der Waals surface area contributed by atoms with E-state index in [1.54, 1.807) is 24.3 Å². The molecule has 0 aliphatic heterocycles. The van der Waals surface area contributed by atoms with Crippen molar-refractivity contribution in [3.8, 4) is 0 Å². The summed E-state index contributed by atoms with van der Waals surface area (Å²) in [6.45, 7) is 34.1. The van der Waals surface area contributed by atoms with Crippen LogP contribution in [0.25, 0.3) is 0 Å². The van der Waals surface area contributed by atoms with Crippen molar-refractivity contribution < 1.29 is 46.7 Å². The highest BCUT2D eigenvalue weighted by molar-refractivity contribution is 7.83. The molecule has 6 aromatic carbocycles. The Labute approximate surface area is 479 Å². The van der Waals surface area contributed by atoms with Crippen LogP contribution in [-0.2, 0) is 41.9 Å². The molecule has 432 valence electrons. The van der Waals surface area contributed by atoms with Crippen LogP contribution >= 0.6 is 21.7 Å². The van der Waals surface area contributed by atoms with Crippen LogP contribution in [0.5, 0.6) is 0 Å². The Balaban J connectivity index is 1.19. The number of hydrogen-bond acceptors (Lipinski definition) is 10. The number of carbonyl (C=O) groups is 1. The van der Waals surface area contributed by atoms with Gasteiger partial charge in [0.1, 0.15) is 16.8 Å². The topological polar surface area (TPSA) is 124 Å². The Morgan fingerprint density at radius 3 is 1.10 bits per heavy atom. The van der Waals surface area contributed by atoms with Crippen molar-refractivity contribution in [2.24, 2.45) is 0 Å². The highest BCUT2D eigenvalue weighted by Crippen LogP contribution is 2.59. The number of ether oxygens (including phenoxy) is 5. The van der Waals surface area contributed by atoms with E-state index in [4.69, 9.17) is 28.2 Å². The molecule has 0 heterocycles. The summed E-state index contributed by atoms with van der Waals surface area (Å²) in [6, 6.07) is 40.1. The molecule has 0 bridgehead atoms. The highest BCUT2D eigenvalue weighted by Gasteiger charge is 2.48. The minimum absolute atomic E-state index is 0.0258. The number of benzene rings is 6. The van der Waals surface area contributed by atoms with Gasteiger partial charge < -0.3 is 37.3 Å². The van der Waals surface area contributed by atoms with E-state index in [1.807, 2.05) is 183 Å². The van der Waals surface area contributed by atoms with Gasteiger partial charge in [-0.15, -0.1) is 0 Å². The molecule has 3 unspecified atom stereocenters. The summed E-state index contributed by atoms with van der Waals surface area (Å²) in [5.74, 6) is 0. The summed E-state index contributed by atoms with van der Waals surface area (Å²) in [7, 11) is -10.9. The molecule has 0 N–H and O–H groups in total. The summed E-state index contributed by atoms with van der Waals surface area (Å²) >= 11 is 0. The molecule has 13 heteroatoms. The lowest BCUT2D eigenvalue weighted by Gasteiger charge is -2.38. The first-order valence-electron chi connectivity index (χ1n) is 28.0. The minimum Gasteiger partial charge on any atom is -0.373 e. The van der Waals surface area contributed by atoms with Crippen molar-refractivity contribution >= 4 is 53.7 Å². The molecule has 80 heavy (non-hydrogen) atoms. The number of hydrogen-bond donors (Lipinski definition) is 0. The van der Waals surface area contributed by atoms with E-state index >= 15 is 13.7 Å². The normalized spacial score (nSPS) is 15.2. The minimum atomic E-state index is -4.12. The summed E-state index contributed by atoms with van der Waals surface area (Å²) in [5.41, 5.74) is 6.91. The van der Waals surface area contributed by atoms with E-state index in [0.717, 1.165) is 71.3 Å². The number of rotatable bonds is 28. The molecule has 0 aliphatic rings. The standard InChI is InChI=1S/C67H89O10P3/c1-47-39-50(4)60(51(5)40-47)63(68)80(71,59-31-25-20-26-32-59)77-38-37-72-56(45-75-64(10,11)33-35-73-66(14,15)78(69,57-27-21-18-22-28-57)61-52(6)41-48(2)42-53(61)7)46-76-65(12,13)34-36-74-67(16,17)79(70,58-29-23-19-24-30-58)62-54(8)43-49(3)44-55(62)9/h18-32,39-44,56H,33-38,45-46H2,1-17H3. The fraction of sp³-hybridized carbons (Fsp3) is 0.448. The maximum Gasteiger partial charge on any atom is 0.300 e. The second-order valence-corrected chi connectivity index (χ2v) is 32.7. The average Bonchev–Trinajstić information content (AvgIpc) is 3.53. The average molecular weight is 1150 g/mol. The molecule has 0 fully saturated rings. The van der Waals surface area contributed by atoms with Crippen LogP contribution in [0.3, 0.4) is 0 Å². The predicted molar refractivity (Wildman–Crippen MR) is 332 cm³/mol. The fourth-order valence-electron chi connectivity index (χ4n) is 11.2. The molecule has 6 aromatic rings. The third-order valence-electron chi connectivity index (χ3n) is 15.3. The molecule has 6 rings (SSSR count). The van der Waals surface area contributed by atoms with Gasteiger partial charge in [0, 0.05) is 32.1 Å². The van der Waals surface area contributed by atoms with Crippen LogP contribution in [0.2, 0.25) is 0 Å². The van der Waals surface area contributed by atoms with E-state index in [0.29, 0.717) is 23.7 Å². The van der Waals surface area contributed by atoms with Gasteiger partial charge in [-0.2, -0.15) is 0 Å². The lowest BCUT2D eigenvalue weighted by atomic mass is 10.0. The maximum atomic E-state index is 15.8. The van der Waals surface area contributed by atoms with Crippen molar-refractivity contribution in [1.82, 2.24) is 0 Å². The van der Waals surface area contributed by atoms with Gasteiger partial charge in [-0.05, 0) is 176 Å². The highest BCUT2D eigenvalue weighted by atomic mass is 31.2. The Morgan fingerprint density at radius 1 is 0.425 bits per heavy atom. The van der Waals surface area contributed by atoms with E-state index < -0.39 is 55.2 Å². The van der Waals surface area contributed by atoms with E-state index in [9.17, 15) is 4.79 Å². The molecule has 0 saturated carbocycles. The van der Waals surface area contributed by atoms with Gasteiger partial charge in [0.2, 0.25) is 0 Å². The lowest BCUT2D eigenvalue weighted by Crippen LogP contribution is -2.40. The van der Waals surface area contributed by atoms with E-state index in [1.165, 1.54) is 0 Å². The van der Waals surface area contributed by atoms with Gasteiger partial charge in [0.25, 0.3) is 5.52 Å². The zero-order valence-corrected chi connectivity index (χ0v) is 53.5. The summed E-state index contributed by atoms with van der Waals surface area (Å²) < 4.78 is 86.2. The fourth-order valence-corrected chi connectivity index (χ4v) is 20.0. The van der Waals surface area contributed by atoms with Crippen molar-refractivity contribution in [1.29, 1.82) is 0 Å². The largest absolute Gasteiger partial charge is 0.373 e. The first kappa shape index (κ1) is 64.6. The quantitative estimate of drug-likeness (QED) is 0.0346. The van der Waals surface area contributed by atoms with Crippen LogP contribution in [0.4, 0.5) is 0 Å². The van der Waals surface area contributed by atoms with Gasteiger partial charge in [-0.1, -0.05) is 132 Å². The molecule has 3 atom stereocenters. The van der Waals surface area contributed by atoms with Crippen LogP contribution < -0.4 is 26.5 Å².